The zero-order valence-electron chi connectivity index (χ0n) is 20.0. The van der Waals surface area contributed by atoms with Gasteiger partial charge in [0.25, 0.3) is 0 Å². The molecule has 1 amide bonds. The van der Waals surface area contributed by atoms with E-state index >= 15 is 0 Å². The van der Waals surface area contributed by atoms with Gasteiger partial charge in [-0.1, -0.05) is 96.1 Å². The van der Waals surface area contributed by atoms with Gasteiger partial charge in [-0.3, -0.25) is 0 Å². The summed E-state index contributed by atoms with van der Waals surface area (Å²) in [5, 5.41) is 12.8. The second kappa shape index (κ2) is 17.8. The highest BCUT2D eigenvalue weighted by molar-refractivity contribution is 5.68. The second-order valence-electron chi connectivity index (χ2n) is 9.38. The third kappa shape index (κ3) is 20.0. The molecule has 0 saturated heterocycles. The van der Waals surface area contributed by atoms with E-state index in [0.717, 1.165) is 12.8 Å². The average Bonchev–Trinajstić information content (AvgIpc) is 2.63. The van der Waals surface area contributed by atoms with E-state index < -0.39 is 17.8 Å². The van der Waals surface area contributed by atoms with E-state index in [1.54, 1.807) is 13.0 Å². The van der Waals surface area contributed by atoms with Crippen LogP contribution in [-0.2, 0) is 4.74 Å². The molecule has 0 aliphatic rings. The lowest BCUT2D eigenvalue weighted by Gasteiger charge is -2.23. The number of amides is 1. The Morgan fingerprint density at radius 2 is 1.34 bits per heavy atom. The highest BCUT2D eigenvalue weighted by Gasteiger charge is 2.19. The zero-order valence-corrected chi connectivity index (χ0v) is 20.0. The Morgan fingerprint density at radius 3 is 1.79 bits per heavy atom. The lowest BCUT2D eigenvalue weighted by Crippen LogP contribution is -2.43. The largest absolute Gasteiger partial charge is 0.444 e. The van der Waals surface area contributed by atoms with Crippen LogP contribution < -0.4 is 5.32 Å². The molecular formula is C25H49NO3. The molecule has 4 nitrogen and oxygen atoms in total. The standard InChI is InChI=1S/C25H49NO3/c1-6-7-8-9-10-11-12-13-14-15-16-17-18-19-20-21-23(27)22(2)26-24(28)29-25(3,4)5/h20-23,27H,6-19H2,1-5H3,(H,26,28)/b21-20+/t22-,23-/m0/s1. The highest BCUT2D eigenvalue weighted by Crippen LogP contribution is 2.13. The number of rotatable bonds is 17. The van der Waals surface area contributed by atoms with Crippen molar-refractivity contribution in [2.75, 3.05) is 0 Å². The molecule has 0 unspecified atom stereocenters. The molecule has 0 aromatic heterocycles. The SMILES string of the molecule is CCCCCCCCCCCCCCC/C=C/[C@H](O)[C@H](C)NC(=O)OC(C)(C)C. The van der Waals surface area contributed by atoms with Crippen molar-refractivity contribution in [2.24, 2.45) is 0 Å². The Morgan fingerprint density at radius 1 is 0.897 bits per heavy atom. The fourth-order valence-corrected chi connectivity index (χ4v) is 3.26. The molecule has 4 heteroatoms. The molecule has 0 radical (unpaired) electrons. The Hall–Kier alpha value is -1.03. The Labute approximate surface area is 180 Å². The molecule has 0 fully saturated rings. The summed E-state index contributed by atoms with van der Waals surface area (Å²) >= 11 is 0. The summed E-state index contributed by atoms with van der Waals surface area (Å²) in [5.74, 6) is 0. The number of ether oxygens (including phenoxy) is 1. The normalized spacial score (nSPS) is 14.1. The maximum atomic E-state index is 11.7. The minimum absolute atomic E-state index is 0.368. The molecule has 29 heavy (non-hydrogen) atoms. The molecule has 0 aliphatic heterocycles. The van der Waals surface area contributed by atoms with Gasteiger partial charge in [-0.05, 0) is 40.5 Å². The van der Waals surface area contributed by atoms with Crippen LogP contribution in [0.15, 0.2) is 12.2 Å². The summed E-state index contributed by atoms with van der Waals surface area (Å²) in [6.07, 6.45) is 21.2. The van der Waals surface area contributed by atoms with Crippen LogP contribution in [0.3, 0.4) is 0 Å². The summed E-state index contributed by atoms with van der Waals surface area (Å²) in [6, 6.07) is -0.368. The maximum absolute atomic E-state index is 11.7. The van der Waals surface area contributed by atoms with E-state index in [1.165, 1.54) is 77.0 Å². The highest BCUT2D eigenvalue weighted by atomic mass is 16.6. The van der Waals surface area contributed by atoms with Gasteiger partial charge in [0.2, 0.25) is 0 Å². The quantitative estimate of drug-likeness (QED) is 0.195. The van der Waals surface area contributed by atoms with Gasteiger partial charge in [-0.2, -0.15) is 0 Å². The van der Waals surface area contributed by atoms with Gasteiger partial charge < -0.3 is 15.2 Å². The van der Waals surface area contributed by atoms with E-state index in [2.05, 4.69) is 12.2 Å². The Bertz CT molecular complexity index is 415. The van der Waals surface area contributed by atoms with Crippen LogP contribution in [0.2, 0.25) is 0 Å². The summed E-state index contributed by atoms with van der Waals surface area (Å²) in [5.41, 5.74) is -0.529. The number of unbranched alkanes of at least 4 members (excludes halogenated alkanes) is 13. The molecule has 0 aliphatic carbocycles. The molecule has 0 heterocycles. The minimum atomic E-state index is -0.690. The first kappa shape index (κ1) is 28.0. The molecule has 0 aromatic carbocycles. The van der Waals surface area contributed by atoms with Crippen molar-refractivity contribution in [1.82, 2.24) is 5.32 Å². The smallest absolute Gasteiger partial charge is 0.407 e. The number of nitrogens with one attached hydrogen (secondary N) is 1. The number of hydrogen-bond donors (Lipinski definition) is 2. The first-order valence-corrected chi connectivity index (χ1v) is 12.1. The summed E-state index contributed by atoms with van der Waals surface area (Å²) in [6.45, 7) is 9.52. The lowest BCUT2D eigenvalue weighted by molar-refractivity contribution is 0.0465. The van der Waals surface area contributed by atoms with Crippen LogP contribution in [0.1, 0.15) is 125 Å². The van der Waals surface area contributed by atoms with Crippen LogP contribution in [-0.4, -0.2) is 28.9 Å². The van der Waals surface area contributed by atoms with Gasteiger partial charge >= 0.3 is 6.09 Å². The second-order valence-corrected chi connectivity index (χ2v) is 9.38. The number of hydrogen-bond acceptors (Lipinski definition) is 3. The van der Waals surface area contributed by atoms with Gasteiger partial charge in [0.15, 0.2) is 0 Å². The van der Waals surface area contributed by atoms with Crippen molar-refractivity contribution < 1.29 is 14.6 Å². The van der Waals surface area contributed by atoms with Gasteiger partial charge in [0.05, 0.1) is 12.1 Å². The van der Waals surface area contributed by atoms with E-state index in [9.17, 15) is 9.90 Å². The van der Waals surface area contributed by atoms with Crippen molar-refractivity contribution in [2.45, 2.75) is 142 Å². The van der Waals surface area contributed by atoms with Crippen molar-refractivity contribution in [1.29, 1.82) is 0 Å². The topological polar surface area (TPSA) is 58.6 Å². The molecule has 0 aromatic rings. The number of carbonyl (C=O) groups is 1. The van der Waals surface area contributed by atoms with E-state index in [-0.39, 0.29) is 6.04 Å². The Kier molecular flexibility index (Phi) is 17.2. The van der Waals surface area contributed by atoms with Crippen molar-refractivity contribution >= 4 is 6.09 Å². The third-order valence-electron chi connectivity index (χ3n) is 5.06. The first-order chi connectivity index (χ1) is 13.8. The molecule has 2 N–H and O–H groups in total. The van der Waals surface area contributed by atoms with E-state index in [4.69, 9.17) is 4.74 Å². The molecule has 0 rings (SSSR count). The minimum Gasteiger partial charge on any atom is -0.444 e. The summed E-state index contributed by atoms with van der Waals surface area (Å²) < 4.78 is 5.20. The number of alkyl carbamates (subject to hydrolysis) is 1. The van der Waals surface area contributed by atoms with Crippen molar-refractivity contribution in [3.63, 3.8) is 0 Å². The number of allylic oxidation sites excluding steroid dienone is 1. The van der Waals surface area contributed by atoms with E-state index in [1.807, 2.05) is 26.8 Å². The first-order valence-electron chi connectivity index (χ1n) is 12.1. The van der Waals surface area contributed by atoms with Crippen LogP contribution in [0.4, 0.5) is 4.79 Å². The molecule has 2 atom stereocenters. The number of carbonyl (C=O) groups excluding carboxylic acids is 1. The molecular weight excluding hydrogens is 362 g/mol. The predicted molar refractivity (Wildman–Crippen MR) is 124 cm³/mol. The van der Waals surface area contributed by atoms with E-state index in [0.29, 0.717) is 0 Å². The third-order valence-corrected chi connectivity index (χ3v) is 5.06. The molecule has 0 bridgehead atoms. The maximum Gasteiger partial charge on any atom is 0.407 e. The van der Waals surface area contributed by atoms with Gasteiger partial charge in [0.1, 0.15) is 5.60 Å². The average molecular weight is 412 g/mol. The summed E-state index contributed by atoms with van der Waals surface area (Å²) in [7, 11) is 0. The van der Waals surface area contributed by atoms with Gasteiger partial charge in [-0.15, -0.1) is 0 Å². The van der Waals surface area contributed by atoms with Crippen molar-refractivity contribution in [3.05, 3.63) is 12.2 Å². The molecule has 0 spiro atoms. The fourth-order valence-electron chi connectivity index (χ4n) is 3.26. The van der Waals surface area contributed by atoms with Crippen LogP contribution in [0.25, 0.3) is 0 Å². The van der Waals surface area contributed by atoms with Crippen molar-refractivity contribution in [3.8, 4) is 0 Å². The lowest BCUT2D eigenvalue weighted by atomic mass is 10.0. The number of aliphatic hydroxyl groups is 1. The van der Waals surface area contributed by atoms with Gasteiger partial charge in [0, 0.05) is 0 Å². The van der Waals surface area contributed by atoms with Crippen LogP contribution in [0, 0.1) is 0 Å². The summed E-state index contributed by atoms with van der Waals surface area (Å²) in [4.78, 5) is 11.7. The Balaban J connectivity index is 3.53. The molecule has 172 valence electrons. The molecule has 0 saturated carbocycles. The van der Waals surface area contributed by atoms with Crippen LogP contribution >= 0.6 is 0 Å². The predicted octanol–water partition coefficient (Wildman–Crippen LogP) is 7.30. The monoisotopic (exact) mass is 411 g/mol. The number of aliphatic hydroxyl groups excluding tert-OH is 1. The zero-order chi connectivity index (χ0) is 22.0. The van der Waals surface area contributed by atoms with Crippen LogP contribution in [0.5, 0.6) is 0 Å². The fraction of sp³-hybridized carbons (Fsp3) is 0.880. The van der Waals surface area contributed by atoms with Gasteiger partial charge in [-0.25, -0.2) is 4.79 Å².